The van der Waals surface area contributed by atoms with Gasteiger partial charge in [-0.3, -0.25) is 9.89 Å². The maximum absolute atomic E-state index is 12.4. The Bertz CT molecular complexity index is 648. The number of rotatable bonds is 4. The van der Waals surface area contributed by atoms with Crippen molar-refractivity contribution in [3.8, 4) is 11.4 Å². The summed E-state index contributed by atoms with van der Waals surface area (Å²) < 4.78 is 0. The van der Waals surface area contributed by atoms with Gasteiger partial charge in [-0.05, 0) is 18.3 Å². The molecule has 2 heterocycles. The maximum atomic E-state index is 12.4. The van der Waals surface area contributed by atoms with Crippen molar-refractivity contribution in [2.24, 2.45) is 11.8 Å². The van der Waals surface area contributed by atoms with Gasteiger partial charge < -0.3 is 4.90 Å². The van der Waals surface area contributed by atoms with E-state index in [0.29, 0.717) is 22.7 Å². The van der Waals surface area contributed by atoms with Crippen LogP contribution in [-0.4, -0.2) is 44.8 Å². The van der Waals surface area contributed by atoms with E-state index in [1.807, 2.05) is 35.2 Å². The highest BCUT2D eigenvalue weighted by Crippen LogP contribution is 2.23. The topological polar surface area (TPSA) is 61.9 Å². The second-order valence-corrected chi connectivity index (χ2v) is 7.31. The van der Waals surface area contributed by atoms with Gasteiger partial charge in [0.2, 0.25) is 11.1 Å². The zero-order valence-corrected chi connectivity index (χ0v) is 14.3. The first-order valence-electron chi connectivity index (χ1n) is 8.00. The number of likely N-dealkylation sites (tertiary alicyclic amines) is 1. The summed E-state index contributed by atoms with van der Waals surface area (Å²) in [5, 5.41) is 7.75. The van der Waals surface area contributed by atoms with Crippen molar-refractivity contribution in [3.05, 3.63) is 30.3 Å². The number of amides is 1. The van der Waals surface area contributed by atoms with E-state index >= 15 is 0 Å². The lowest BCUT2D eigenvalue weighted by molar-refractivity contribution is -0.130. The van der Waals surface area contributed by atoms with Crippen LogP contribution in [0.4, 0.5) is 0 Å². The number of benzene rings is 1. The van der Waals surface area contributed by atoms with Gasteiger partial charge >= 0.3 is 0 Å². The molecule has 0 bridgehead atoms. The minimum absolute atomic E-state index is 0.180. The molecule has 1 aromatic heterocycles. The first-order chi connectivity index (χ1) is 11.1. The molecule has 1 aliphatic rings. The van der Waals surface area contributed by atoms with Gasteiger partial charge in [-0.15, -0.1) is 5.10 Å². The van der Waals surface area contributed by atoms with Crippen molar-refractivity contribution in [2.45, 2.75) is 25.4 Å². The van der Waals surface area contributed by atoms with Crippen LogP contribution in [0.1, 0.15) is 20.3 Å². The summed E-state index contributed by atoms with van der Waals surface area (Å²) in [5.41, 5.74) is 0.997. The van der Waals surface area contributed by atoms with Crippen LogP contribution in [0.15, 0.2) is 35.5 Å². The highest BCUT2D eigenvalue weighted by molar-refractivity contribution is 7.99. The minimum atomic E-state index is 0.180. The highest BCUT2D eigenvalue weighted by Gasteiger charge is 2.25. The third kappa shape index (κ3) is 4.13. The number of hydrogen-bond acceptors (Lipinski definition) is 4. The average Bonchev–Trinajstić information content (AvgIpc) is 3.01. The molecule has 0 aliphatic carbocycles. The van der Waals surface area contributed by atoms with E-state index in [-0.39, 0.29) is 5.91 Å². The molecular weight excluding hydrogens is 308 g/mol. The monoisotopic (exact) mass is 330 g/mol. The fraction of sp³-hybridized carbons (Fsp3) is 0.471. The van der Waals surface area contributed by atoms with Crippen molar-refractivity contribution in [1.29, 1.82) is 0 Å². The largest absolute Gasteiger partial charge is 0.341 e. The average molecular weight is 330 g/mol. The van der Waals surface area contributed by atoms with E-state index in [0.717, 1.165) is 24.5 Å². The van der Waals surface area contributed by atoms with Gasteiger partial charge in [-0.25, -0.2) is 4.98 Å². The molecule has 1 aliphatic heterocycles. The van der Waals surface area contributed by atoms with Crippen molar-refractivity contribution in [1.82, 2.24) is 20.1 Å². The zero-order chi connectivity index (χ0) is 16.2. The van der Waals surface area contributed by atoms with E-state index in [1.165, 1.54) is 18.2 Å². The molecule has 1 aromatic carbocycles. The summed E-state index contributed by atoms with van der Waals surface area (Å²) in [6, 6.07) is 9.86. The molecule has 1 fully saturated rings. The Hall–Kier alpha value is -1.82. The molecule has 2 atom stereocenters. The predicted molar refractivity (Wildman–Crippen MR) is 92.1 cm³/mol. The molecule has 0 radical (unpaired) electrons. The van der Waals surface area contributed by atoms with Crippen LogP contribution in [0.25, 0.3) is 11.4 Å². The number of nitrogens with one attached hydrogen (secondary N) is 1. The van der Waals surface area contributed by atoms with E-state index in [4.69, 9.17) is 0 Å². The molecule has 0 unspecified atom stereocenters. The number of aromatic nitrogens is 3. The fourth-order valence-electron chi connectivity index (χ4n) is 3.12. The number of hydrogen-bond donors (Lipinski definition) is 1. The number of nitrogens with zero attached hydrogens (tertiary/aromatic N) is 3. The van der Waals surface area contributed by atoms with Crippen LogP contribution in [-0.2, 0) is 4.79 Å². The summed E-state index contributed by atoms with van der Waals surface area (Å²) in [4.78, 5) is 18.8. The third-order valence-corrected chi connectivity index (χ3v) is 4.89. The van der Waals surface area contributed by atoms with Gasteiger partial charge in [0, 0.05) is 18.7 Å². The lowest BCUT2D eigenvalue weighted by Gasteiger charge is -2.34. The van der Waals surface area contributed by atoms with Crippen LogP contribution >= 0.6 is 11.8 Å². The van der Waals surface area contributed by atoms with Crippen LogP contribution in [0.2, 0.25) is 0 Å². The molecule has 1 amide bonds. The number of H-pyrrole nitrogens is 1. The summed E-state index contributed by atoms with van der Waals surface area (Å²) in [6.45, 7) is 6.16. The number of carbonyl (C=O) groups excluding carboxylic acids is 1. The second-order valence-electron chi connectivity index (χ2n) is 6.37. The van der Waals surface area contributed by atoms with Gasteiger partial charge in [0.1, 0.15) is 0 Å². The second kappa shape index (κ2) is 7.17. The number of thioether (sulfide) groups is 1. The quantitative estimate of drug-likeness (QED) is 0.875. The van der Waals surface area contributed by atoms with Crippen molar-refractivity contribution >= 4 is 17.7 Å². The summed E-state index contributed by atoms with van der Waals surface area (Å²) in [5.74, 6) is 2.48. The lowest BCUT2D eigenvalue weighted by Crippen LogP contribution is -2.43. The molecule has 2 aromatic rings. The van der Waals surface area contributed by atoms with Crippen LogP contribution in [0.3, 0.4) is 0 Å². The van der Waals surface area contributed by atoms with E-state index < -0.39 is 0 Å². The molecule has 122 valence electrons. The normalized spacial score (nSPS) is 21.4. The van der Waals surface area contributed by atoms with Gasteiger partial charge in [-0.1, -0.05) is 55.9 Å². The number of aromatic amines is 1. The molecular formula is C17H22N4OS. The van der Waals surface area contributed by atoms with Crippen molar-refractivity contribution in [3.63, 3.8) is 0 Å². The molecule has 3 rings (SSSR count). The van der Waals surface area contributed by atoms with Gasteiger partial charge in [-0.2, -0.15) is 0 Å². The Morgan fingerprint density at radius 2 is 1.96 bits per heavy atom. The van der Waals surface area contributed by atoms with E-state index in [2.05, 4.69) is 29.0 Å². The molecule has 0 saturated carbocycles. The first kappa shape index (κ1) is 16.1. The first-order valence-corrected chi connectivity index (χ1v) is 8.98. The van der Waals surface area contributed by atoms with Crippen molar-refractivity contribution in [2.75, 3.05) is 18.8 Å². The van der Waals surface area contributed by atoms with Gasteiger partial charge in [0.25, 0.3) is 0 Å². The Kier molecular flexibility index (Phi) is 5.00. The minimum Gasteiger partial charge on any atom is -0.341 e. The standard InChI is InChI=1S/C17H22N4OS/c1-12-8-13(2)10-21(9-12)15(22)11-23-17-18-16(19-20-17)14-6-4-3-5-7-14/h3-7,12-13H,8-11H2,1-2H3,(H,18,19,20)/t12-,13-/m1/s1. The van der Waals surface area contributed by atoms with Crippen LogP contribution in [0, 0.1) is 11.8 Å². The molecule has 6 heteroatoms. The Labute approximate surface area is 140 Å². The van der Waals surface area contributed by atoms with Crippen molar-refractivity contribution < 1.29 is 4.79 Å². The van der Waals surface area contributed by atoms with E-state index in [9.17, 15) is 4.79 Å². The summed E-state index contributed by atoms with van der Waals surface area (Å²) in [7, 11) is 0. The Morgan fingerprint density at radius 1 is 1.26 bits per heavy atom. The Balaban J connectivity index is 1.56. The molecule has 1 N–H and O–H groups in total. The summed E-state index contributed by atoms with van der Waals surface area (Å²) >= 11 is 1.40. The lowest BCUT2D eigenvalue weighted by atomic mass is 9.92. The smallest absolute Gasteiger partial charge is 0.233 e. The zero-order valence-electron chi connectivity index (χ0n) is 13.5. The Morgan fingerprint density at radius 3 is 2.65 bits per heavy atom. The SMILES string of the molecule is C[C@@H]1C[C@@H](C)CN(C(=O)CSc2n[nH]c(-c3ccccc3)n2)C1. The van der Waals surface area contributed by atoms with E-state index in [1.54, 1.807) is 0 Å². The van der Waals surface area contributed by atoms with Crippen LogP contribution < -0.4 is 0 Å². The number of carbonyl (C=O) groups is 1. The predicted octanol–water partition coefficient (Wildman–Crippen LogP) is 3.07. The van der Waals surface area contributed by atoms with Crippen LogP contribution in [0.5, 0.6) is 0 Å². The molecule has 23 heavy (non-hydrogen) atoms. The molecule has 1 saturated heterocycles. The van der Waals surface area contributed by atoms with Gasteiger partial charge in [0.05, 0.1) is 5.75 Å². The third-order valence-electron chi connectivity index (χ3n) is 4.06. The number of piperidine rings is 1. The molecule has 0 spiro atoms. The maximum Gasteiger partial charge on any atom is 0.233 e. The summed E-state index contributed by atoms with van der Waals surface area (Å²) in [6.07, 6.45) is 1.21. The van der Waals surface area contributed by atoms with Gasteiger partial charge in [0.15, 0.2) is 5.82 Å². The molecule has 5 nitrogen and oxygen atoms in total. The fourth-order valence-corrected chi connectivity index (χ4v) is 3.82. The highest BCUT2D eigenvalue weighted by atomic mass is 32.2.